The maximum atomic E-state index is 12.9. The van der Waals surface area contributed by atoms with Gasteiger partial charge in [-0.25, -0.2) is 0 Å². The van der Waals surface area contributed by atoms with Crippen molar-refractivity contribution in [3.05, 3.63) is 77.3 Å². The molecule has 2 aliphatic rings. The minimum absolute atomic E-state index is 0.0917. The number of ether oxygens (including phenoxy) is 1. The van der Waals surface area contributed by atoms with Crippen molar-refractivity contribution >= 4 is 17.5 Å². The molecule has 2 aromatic rings. The number of hydrogen-bond donors (Lipinski definition) is 1. The summed E-state index contributed by atoms with van der Waals surface area (Å²) in [7, 11) is 1.69. The van der Waals surface area contributed by atoms with Crippen molar-refractivity contribution in [2.24, 2.45) is 0 Å². The molecular formula is C24H26N4O3. The predicted molar refractivity (Wildman–Crippen MR) is 119 cm³/mol. The van der Waals surface area contributed by atoms with Crippen molar-refractivity contribution in [1.29, 1.82) is 0 Å². The van der Waals surface area contributed by atoms with E-state index in [0.717, 1.165) is 23.5 Å². The molecule has 1 N–H and O–H groups in total. The van der Waals surface area contributed by atoms with E-state index in [9.17, 15) is 9.59 Å². The van der Waals surface area contributed by atoms with Crippen LogP contribution >= 0.6 is 0 Å². The maximum absolute atomic E-state index is 12.9. The fourth-order valence-corrected chi connectivity index (χ4v) is 3.69. The van der Waals surface area contributed by atoms with Crippen LogP contribution in [0, 0.1) is 6.92 Å². The Balaban J connectivity index is 1.41. The molecule has 3 heterocycles. The molecule has 0 aliphatic carbocycles. The summed E-state index contributed by atoms with van der Waals surface area (Å²) in [5.74, 6) is 0.144. The molecular weight excluding hydrogens is 392 g/mol. The molecule has 1 aromatic heterocycles. The molecule has 0 fully saturated rings. The number of amides is 2. The number of aromatic nitrogens is 1. The maximum Gasteiger partial charge on any atom is 0.252 e. The summed E-state index contributed by atoms with van der Waals surface area (Å²) >= 11 is 0. The first-order valence-corrected chi connectivity index (χ1v) is 10.3. The fraction of sp³-hybridized carbons (Fsp3) is 0.292. The number of benzene rings is 1. The minimum atomic E-state index is -0.754. The van der Waals surface area contributed by atoms with E-state index in [1.807, 2.05) is 62.5 Å². The van der Waals surface area contributed by atoms with Crippen molar-refractivity contribution in [3.63, 3.8) is 0 Å². The lowest BCUT2D eigenvalue weighted by molar-refractivity contribution is -0.125. The second-order valence-electron chi connectivity index (χ2n) is 7.84. The van der Waals surface area contributed by atoms with Gasteiger partial charge in [0.05, 0.1) is 5.69 Å². The van der Waals surface area contributed by atoms with Gasteiger partial charge in [-0.2, -0.15) is 0 Å². The summed E-state index contributed by atoms with van der Waals surface area (Å²) in [4.78, 5) is 33.8. The van der Waals surface area contributed by atoms with Crippen molar-refractivity contribution in [3.8, 4) is 5.75 Å². The highest BCUT2D eigenvalue weighted by atomic mass is 16.5. The van der Waals surface area contributed by atoms with E-state index in [2.05, 4.69) is 21.3 Å². The lowest BCUT2D eigenvalue weighted by atomic mass is 10.1. The van der Waals surface area contributed by atoms with E-state index < -0.39 is 6.04 Å². The molecule has 0 radical (unpaired) electrons. The van der Waals surface area contributed by atoms with Crippen LogP contribution in [0.15, 0.2) is 66.0 Å². The largest absolute Gasteiger partial charge is 0.489 e. The SMILES string of the molecule is CC1=CC(C(=O)N[C@H]2COc3ccccc3N(C)C2=O)=CCN1Cc1ccc(C)nc1. The van der Waals surface area contributed by atoms with Gasteiger partial charge in [-0.15, -0.1) is 0 Å². The Labute approximate surface area is 182 Å². The van der Waals surface area contributed by atoms with E-state index >= 15 is 0 Å². The topological polar surface area (TPSA) is 74.8 Å². The Kier molecular flexibility index (Phi) is 5.75. The van der Waals surface area contributed by atoms with Crippen LogP contribution in [0.2, 0.25) is 0 Å². The van der Waals surface area contributed by atoms with Crippen molar-refractivity contribution in [2.45, 2.75) is 26.4 Å². The van der Waals surface area contributed by atoms with Crippen LogP contribution in [-0.2, 0) is 16.1 Å². The molecule has 160 valence electrons. The average molecular weight is 418 g/mol. The molecule has 2 amide bonds. The number of carbonyl (C=O) groups is 2. The smallest absolute Gasteiger partial charge is 0.252 e. The quantitative estimate of drug-likeness (QED) is 0.826. The van der Waals surface area contributed by atoms with Gasteiger partial charge in [-0.1, -0.05) is 24.3 Å². The third kappa shape index (κ3) is 4.45. The number of rotatable bonds is 4. The van der Waals surface area contributed by atoms with Gasteiger partial charge in [0.1, 0.15) is 18.4 Å². The second-order valence-corrected chi connectivity index (χ2v) is 7.84. The van der Waals surface area contributed by atoms with Gasteiger partial charge >= 0.3 is 0 Å². The molecule has 7 nitrogen and oxygen atoms in total. The van der Waals surface area contributed by atoms with Crippen LogP contribution in [0.4, 0.5) is 5.69 Å². The van der Waals surface area contributed by atoms with Gasteiger partial charge in [-0.05, 0) is 43.7 Å². The Morgan fingerprint density at radius 3 is 2.77 bits per heavy atom. The third-order valence-electron chi connectivity index (χ3n) is 5.57. The number of aryl methyl sites for hydroxylation is 1. The number of nitrogens with one attached hydrogen (secondary N) is 1. The van der Waals surface area contributed by atoms with E-state index in [0.29, 0.717) is 23.6 Å². The van der Waals surface area contributed by atoms with Crippen LogP contribution in [-0.4, -0.2) is 47.9 Å². The average Bonchev–Trinajstić information content (AvgIpc) is 2.89. The first-order chi connectivity index (χ1) is 14.9. The Bertz CT molecular complexity index is 1060. The van der Waals surface area contributed by atoms with Crippen LogP contribution in [0.3, 0.4) is 0 Å². The highest BCUT2D eigenvalue weighted by molar-refractivity contribution is 6.04. The zero-order valence-corrected chi connectivity index (χ0v) is 18.0. The summed E-state index contributed by atoms with van der Waals surface area (Å²) in [6, 6.07) is 10.7. The van der Waals surface area contributed by atoms with E-state index in [4.69, 9.17) is 4.74 Å². The zero-order chi connectivity index (χ0) is 22.0. The standard InChI is InChI=1S/C24H26N4O3/c1-16-8-9-18(13-25-16)14-28-11-10-19(12-17(28)2)23(29)26-20-15-31-22-7-5-4-6-21(22)27(3)24(20)30/h4-10,12-13,20H,11,14-15H2,1-3H3,(H,26,29)/t20-/m0/s1. The number of fused-ring (bicyclic) bond motifs is 1. The van der Waals surface area contributed by atoms with Gasteiger partial charge in [0.2, 0.25) is 0 Å². The molecule has 1 atom stereocenters. The molecule has 0 unspecified atom stereocenters. The number of likely N-dealkylation sites (N-methyl/N-ethyl adjacent to an activating group) is 1. The third-order valence-corrected chi connectivity index (χ3v) is 5.57. The zero-order valence-electron chi connectivity index (χ0n) is 18.0. The lowest BCUT2D eigenvalue weighted by Crippen LogP contribution is -2.49. The number of anilines is 1. The number of pyridine rings is 1. The molecule has 31 heavy (non-hydrogen) atoms. The van der Waals surface area contributed by atoms with Gasteiger partial charge < -0.3 is 19.9 Å². The number of hydrogen-bond acceptors (Lipinski definition) is 5. The first kappa shape index (κ1) is 20.7. The summed E-state index contributed by atoms with van der Waals surface area (Å²) in [6.07, 6.45) is 5.60. The molecule has 1 aromatic carbocycles. The summed E-state index contributed by atoms with van der Waals surface area (Å²) in [6.45, 7) is 5.36. The molecule has 0 bridgehead atoms. The lowest BCUT2D eigenvalue weighted by Gasteiger charge is -2.28. The Hall–Kier alpha value is -3.61. The van der Waals surface area contributed by atoms with E-state index in [1.165, 1.54) is 4.90 Å². The summed E-state index contributed by atoms with van der Waals surface area (Å²) < 4.78 is 5.78. The van der Waals surface area contributed by atoms with Gasteiger partial charge in [0.25, 0.3) is 11.8 Å². The molecule has 0 saturated heterocycles. The normalized spacial score (nSPS) is 18.4. The molecule has 7 heteroatoms. The monoisotopic (exact) mass is 418 g/mol. The van der Waals surface area contributed by atoms with Crippen LogP contribution in [0.1, 0.15) is 18.2 Å². The molecule has 4 rings (SSSR count). The fourth-order valence-electron chi connectivity index (χ4n) is 3.69. The number of para-hydroxylation sites is 2. The Morgan fingerprint density at radius 2 is 2.03 bits per heavy atom. The number of allylic oxidation sites excluding steroid dienone is 1. The summed E-state index contributed by atoms with van der Waals surface area (Å²) in [5, 5.41) is 2.84. The molecule has 2 aliphatic heterocycles. The Morgan fingerprint density at radius 1 is 1.23 bits per heavy atom. The van der Waals surface area contributed by atoms with Gasteiger partial charge in [0.15, 0.2) is 0 Å². The summed E-state index contributed by atoms with van der Waals surface area (Å²) in [5.41, 5.74) is 4.33. The van der Waals surface area contributed by atoms with Crippen LogP contribution in [0.5, 0.6) is 5.75 Å². The van der Waals surface area contributed by atoms with Crippen molar-refractivity contribution < 1.29 is 14.3 Å². The number of carbonyl (C=O) groups excluding carboxylic acids is 2. The predicted octanol–water partition coefficient (Wildman–Crippen LogP) is 2.58. The molecule has 0 spiro atoms. The van der Waals surface area contributed by atoms with E-state index in [1.54, 1.807) is 7.05 Å². The minimum Gasteiger partial charge on any atom is -0.489 e. The highest BCUT2D eigenvalue weighted by Crippen LogP contribution is 2.30. The van der Waals surface area contributed by atoms with Crippen LogP contribution in [0.25, 0.3) is 0 Å². The number of nitrogens with zero attached hydrogens (tertiary/aromatic N) is 3. The highest BCUT2D eigenvalue weighted by Gasteiger charge is 2.31. The second kappa shape index (κ2) is 8.63. The van der Waals surface area contributed by atoms with Gasteiger partial charge in [0, 0.05) is 43.3 Å². The molecule has 0 saturated carbocycles. The van der Waals surface area contributed by atoms with E-state index in [-0.39, 0.29) is 18.4 Å². The van der Waals surface area contributed by atoms with Gasteiger partial charge in [-0.3, -0.25) is 14.6 Å². The van der Waals surface area contributed by atoms with Crippen molar-refractivity contribution in [1.82, 2.24) is 15.2 Å². The van der Waals surface area contributed by atoms with Crippen molar-refractivity contribution in [2.75, 3.05) is 25.1 Å². The van der Waals surface area contributed by atoms with Crippen LogP contribution < -0.4 is 15.0 Å². The first-order valence-electron chi connectivity index (χ1n) is 10.3.